The molecule has 3 atom stereocenters. The van der Waals surface area contributed by atoms with Crippen molar-refractivity contribution in [3.63, 3.8) is 0 Å². The van der Waals surface area contributed by atoms with Crippen LogP contribution in [0, 0.1) is 24.6 Å². The third-order valence-corrected chi connectivity index (χ3v) is 7.05. The van der Waals surface area contributed by atoms with Gasteiger partial charge in [-0.05, 0) is 56.0 Å². The molecule has 0 spiro atoms. The summed E-state index contributed by atoms with van der Waals surface area (Å²) in [5.41, 5.74) is -0.641. The fourth-order valence-electron chi connectivity index (χ4n) is 4.99. The number of likely N-dealkylation sites (tertiary alicyclic amines) is 1. The van der Waals surface area contributed by atoms with Crippen LogP contribution in [0.4, 0.5) is 23.2 Å². The number of piperidine rings is 1. The first kappa shape index (κ1) is 25.9. The van der Waals surface area contributed by atoms with Crippen LogP contribution in [0.15, 0.2) is 60.7 Å². The largest absolute Gasteiger partial charge is 0.416 e. The van der Waals surface area contributed by atoms with E-state index in [1.165, 1.54) is 12.1 Å². The second-order valence-electron chi connectivity index (χ2n) is 9.06. The first-order valence-electron chi connectivity index (χ1n) is 11.6. The minimum atomic E-state index is -4.60. The Hall–Kier alpha value is -3.13. The average Bonchev–Trinajstić information content (AvgIpc) is 2.84. The number of rotatable bonds is 4. The molecule has 1 N–H and O–H groups in total. The van der Waals surface area contributed by atoms with Crippen LogP contribution in [0.3, 0.4) is 0 Å². The van der Waals surface area contributed by atoms with Gasteiger partial charge in [0.15, 0.2) is 0 Å². The Kier molecular flexibility index (Phi) is 7.54. The van der Waals surface area contributed by atoms with Gasteiger partial charge in [0.2, 0.25) is 5.91 Å². The number of alkyl halides is 3. The van der Waals surface area contributed by atoms with Crippen molar-refractivity contribution in [2.45, 2.75) is 38.4 Å². The normalized spacial score (nSPS) is 21.9. The van der Waals surface area contributed by atoms with Gasteiger partial charge in [0.1, 0.15) is 5.82 Å². The highest BCUT2D eigenvalue weighted by Gasteiger charge is 2.43. The number of amides is 2. The number of benzene rings is 2. The summed E-state index contributed by atoms with van der Waals surface area (Å²) in [5.74, 6) is -2.64. The SMILES string of the molecule is Cc1cccc(F)c1C(=O)N1CCC[C@H](C(=O)Nc2cc(C(F)(F)F)ccc2Cl)[C@@H]1C1C=CC=CC1. The van der Waals surface area contributed by atoms with E-state index in [0.29, 0.717) is 31.4 Å². The molecule has 1 aliphatic carbocycles. The van der Waals surface area contributed by atoms with Crippen molar-refractivity contribution >= 4 is 29.1 Å². The lowest BCUT2D eigenvalue weighted by atomic mass is 9.77. The van der Waals surface area contributed by atoms with Crippen LogP contribution >= 0.6 is 11.6 Å². The number of nitrogens with zero attached hydrogens (tertiary/aromatic N) is 1. The van der Waals surface area contributed by atoms with E-state index in [2.05, 4.69) is 5.32 Å². The van der Waals surface area contributed by atoms with Crippen LogP contribution in [-0.2, 0) is 11.0 Å². The molecular formula is C27H25ClF4N2O2. The zero-order valence-corrected chi connectivity index (χ0v) is 20.2. The van der Waals surface area contributed by atoms with Crippen molar-refractivity contribution in [3.05, 3.63) is 88.2 Å². The number of carbonyl (C=O) groups is 2. The van der Waals surface area contributed by atoms with E-state index in [4.69, 9.17) is 11.6 Å². The van der Waals surface area contributed by atoms with Crippen LogP contribution in [-0.4, -0.2) is 29.3 Å². The molecule has 0 saturated carbocycles. The summed E-state index contributed by atoms with van der Waals surface area (Å²) in [5, 5.41) is 2.53. The number of anilines is 1. The second-order valence-corrected chi connectivity index (χ2v) is 9.47. The van der Waals surface area contributed by atoms with E-state index in [1.807, 2.05) is 24.3 Å². The molecule has 1 heterocycles. The van der Waals surface area contributed by atoms with Gasteiger partial charge in [-0.3, -0.25) is 9.59 Å². The number of aryl methyl sites for hydroxylation is 1. The summed E-state index contributed by atoms with van der Waals surface area (Å²) < 4.78 is 54.3. The smallest absolute Gasteiger partial charge is 0.334 e. The second kappa shape index (κ2) is 10.5. The average molecular weight is 521 g/mol. The van der Waals surface area contributed by atoms with Crippen molar-refractivity contribution in [1.29, 1.82) is 0 Å². The van der Waals surface area contributed by atoms with Gasteiger partial charge in [0, 0.05) is 12.5 Å². The summed E-state index contributed by atoms with van der Waals surface area (Å²) >= 11 is 6.10. The van der Waals surface area contributed by atoms with E-state index in [1.54, 1.807) is 17.9 Å². The van der Waals surface area contributed by atoms with E-state index in [-0.39, 0.29) is 22.2 Å². The zero-order chi connectivity index (χ0) is 26.0. The predicted molar refractivity (Wildman–Crippen MR) is 130 cm³/mol. The maximum Gasteiger partial charge on any atom is 0.416 e. The van der Waals surface area contributed by atoms with Gasteiger partial charge in [-0.1, -0.05) is 48.0 Å². The van der Waals surface area contributed by atoms with Crippen molar-refractivity contribution in [2.24, 2.45) is 11.8 Å². The molecule has 2 amide bonds. The summed E-state index contributed by atoms with van der Waals surface area (Å²) in [6, 6.07) is 6.52. The molecule has 1 aliphatic heterocycles. The summed E-state index contributed by atoms with van der Waals surface area (Å²) in [7, 11) is 0. The van der Waals surface area contributed by atoms with Gasteiger partial charge in [-0.2, -0.15) is 13.2 Å². The Bertz CT molecular complexity index is 1200. The minimum Gasteiger partial charge on any atom is -0.334 e. The van der Waals surface area contributed by atoms with Crippen LogP contribution in [0.5, 0.6) is 0 Å². The van der Waals surface area contributed by atoms with Crippen LogP contribution < -0.4 is 5.32 Å². The third-order valence-electron chi connectivity index (χ3n) is 6.72. The fraction of sp³-hybridized carbons (Fsp3) is 0.333. The van der Waals surface area contributed by atoms with E-state index < -0.39 is 41.3 Å². The Balaban J connectivity index is 1.68. The number of hydrogen-bond acceptors (Lipinski definition) is 2. The molecule has 2 aliphatic rings. The van der Waals surface area contributed by atoms with Crippen molar-refractivity contribution in [3.8, 4) is 0 Å². The zero-order valence-electron chi connectivity index (χ0n) is 19.5. The Morgan fingerprint density at radius 1 is 1.14 bits per heavy atom. The highest BCUT2D eigenvalue weighted by atomic mass is 35.5. The van der Waals surface area contributed by atoms with Gasteiger partial charge in [0.25, 0.3) is 5.91 Å². The molecule has 36 heavy (non-hydrogen) atoms. The van der Waals surface area contributed by atoms with E-state index in [0.717, 1.165) is 18.2 Å². The van der Waals surface area contributed by atoms with Crippen LogP contribution in [0.2, 0.25) is 5.02 Å². The van der Waals surface area contributed by atoms with Crippen LogP contribution in [0.1, 0.15) is 40.7 Å². The van der Waals surface area contributed by atoms with Gasteiger partial charge in [-0.25, -0.2) is 4.39 Å². The lowest BCUT2D eigenvalue weighted by molar-refractivity contribution is -0.137. The third kappa shape index (κ3) is 5.33. The highest BCUT2D eigenvalue weighted by molar-refractivity contribution is 6.33. The molecule has 2 aromatic carbocycles. The lowest BCUT2D eigenvalue weighted by Gasteiger charge is -2.44. The van der Waals surface area contributed by atoms with Crippen LogP contribution in [0.25, 0.3) is 0 Å². The molecule has 4 nitrogen and oxygen atoms in total. The summed E-state index contributed by atoms with van der Waals surface area (Å²) in [4.78, 5) is 28.6. The molecular weight excluding hydrogens is 496 g/mol. The molecule has 0 radical (unpaired) electrons. The first-order valence-corrected chi connectivity index (χ1v) is 12.0. The Morgan fingerprint density at radius 3 is 2.58 bits per heavy atom. The van der Waals surface area contributed by atoms with Gasteiger partial charge in [-0.15, -0.1) is 0 Å². The summed E-state index contributed by atoms with van der Waals surface area (Å²) in [6.07, 6.45) is 4.39. The topological polar surface area (TPSA) is 49.4 Å². The van der Waals surface area contributed by atoms with Crippen molar-refractivity contribution in [1.82, 2.24) is 4.90 Å². The van der Waals surface area contributed by atoms with Crippen molar-refractivity contribution in [2.75, 3.05) is 11.9 Å². The van der Waals surface area contributed by atoms with E-state index in [9.17, 15) is 27.2 Å². The number of nitrogens with one attached hydrogen (secondary N) is 1. The number of halogens is 5. The number of hydrogen-bond donors (Lipinski definition) is 1. The first-order chi connectivity index (χ1) is 17.1. The molecule has 0 bridgehead atoms. The Morgan fingerprint density at radius 2 is 1.92 bits per heavy atom. The molecule has 2 aromatic rings. The number of allylic oxidation sites excluding steroid dienone is 3. The van der Waals surface area contributed by atoms with Gasteiger partial charge < -0.3 is 10.2 Å². The predicted octanol–water partition coefficient (Wildman–Crippen LogP) is 6.80. The fourth-order valence-corrected chi connectivity index (χ4v) is 5.16. The molecule has 1 fully saturated rings. The molecule has 190 valence electrons. The molecule has 1 unspecified atom stereocenters. The number of carbonyl (C=O) groups excluding carboxylic acids is 2. The molecule has 9 heteroatoms. The monoisotopic (exact) mass is 520 g/mol. The maximum atomic E-state index is 14.7. The minimum absolute atomic E-state index is 0.0286. The lowest BCUT2D eigenvalue weighted by Crippen LogP contribution is -2.55. The standard InChI is InChI=1S/C27H25ClF4N2O2/c1-16-7-5-11-21(29)23(16)26(36)34-14-6-10-19(24(34)17-8-3-2-4-9-17)25(35)33-22-15-18(27(30,31)32)12-13-20(22)28/h2-5,7-8,11-13,15,17,19,24H,6,9-10,14H2,1H3,(H,33,35)/t17?,19-,24-/m0/s1. The van der Waals surface area contributed by atoms with Crippen molar-refractivity contribution < 1.29 is 27.2 Å². The Labute approximate surface area is 211 Å². The quantitative estimate of drug-likeness (QED) is 0.451. The van der Waals surface area contributed by atoms with Gasteiger partial charge >= 0.3 is 6.18 Å². The highest BCUT2D eigenvalue weighted by Crippen LogP contribution is 2.37. The molecule has 0 aromatic heterocycles. The van der Waals surface area contributed by atoms with E-state index >= 15 is 0 Å². The summed E-state index contributed by atoms with van der Waals surface area (Å²) in [6.45, 7) is 1.98. The molecule has 1 saturated heterocycles. The maximum absolute atomic E-state index is 14.7. The molecule has 4 rings (SSSR count). The van der Waals surface area contributed by atoms with Gasteiger partial charge in [0.05, 0.1) is 33.8 Å².